The standard InChI is InChI=1S/C29H31BrN4O2/c1-3-26-27(34-16-4-5-25(30)28(34)32-26)29(35)31-19-20-6-10-23(11-7-20)33-17-14-22(15-18-33)21-8-12-24(36-2)13-9-21/h4-13,16,22H,3,14-15,17-19H2,1-2H3,(H,31,35). The molecule has 0 spiro atoms. The lowest BCUT2D eigenvalue weighted by atomic mass is 9.89. The molecule has 1 aliphatic rings. The third-order valence-corrected chi connectivity index (χ3v) is 7.68. The van der Waals surface area contributed by atoms with E-state index in [2.05, 4.69) is 79.7 Å². The largest absolute Gasteiger partial charge is 0.497 e. The smallest absolute Gasteiger partial charge is 0.270 e. The maximum absolute atomic E-state index is 13.1. The second-order valence-electron chi connectivity index (χ2n) is 9.19. The number of carbonyl (C=O) groups is 1. The number of carbonyl (C=O) groups excluding carboxylic acids is 1. The summed E-state index contributed by atoms with van der Waals surface area (Å²) in [6, 6.07) is 20.9. The van der Waals surface area contributed by atoms with Gasteiger partial charge in [-0.25, -0.2) is 4.98 Å². The quantitative estimate of drug-likeness (QED) is 0.309. The lowest BCUT2D eigenvalue weighted by Gasteiger charge is -2.34. The molecule has 1 aliphatic heterocycles. The highest BCUT2D eigenvalue weighted by Crippen LogP contribution is 2.31. The summed E-state index contributed by atoms with van der Waals surface area (Å²) in [4.78, 5) is 20.2. The number of fused-ring (bicyclic) bond motifs is 1. The third-order valence-electron chi connectivity index (χ3n) is 7.06. The first-order valence-corrected chi connectivity index (χ1v) is 13.3. The van der Waals surface area contributed by atoms with Crippen LogP contribution in [0.15, 0.2) is 71.3 Å². The highest BCUT2D eigenvalue weighted by molar-refractivity contribution is 9.10. The number of pyridine rings is 1. The Kier molecular flexibility index (Phi) is 7.28. The highest BCUT2D eigenvalue weighted by Gasteiger charge is 2.21. The van der Waals surface area contributed by atoms with Crippen molar-refractivity contribution in [2.24, 2.45) is 0 Å². The molecule has 2 aromatic carbocycles. The van der Waals surface area contributed by atoms with E-state index in [0.29, 0.717) is 24.6 Å². The molecule has 1 N–H and O–H groups in total. The van der Waals surface area contributed by atoms with Crippen LogP contribution in [0.1, 0.15) is 53.0 Å². The number of piperidine rings is 1. The Morgan fingerprint density at radius 3 is 2.47 bits per heavy atom. The zero-order valence-electron chi connectivity index (χ0n) is 20.7. The van der Waals surface area contributed by atoms with Gasteiger partial charge in [-0.2, -0.15) is 0 Å². The Morgan fingerprint density at radius 1 is 1.08 bits per heavy atom. The fraction of sp³-hybridized carbons (Fsp3) is 0.310. The van der Waals surface area contributed by atoms with Gasteiger partial charge < -0.3 is 15.0 Å². The van der Waals surface area contributed by atoms with Gasteiger partial charge in [-0.05, 0) is 88.6 Å². The zero-order valence-corrected chi connectivity index (χ0v) is 22.3. The molecule has 2 aromatic heterocycles. The predicted molar refractivity (Wildman–Crippen MR) is 147 cm³/mol. The first-order chi connectivity index (χ1) is 17.6. The van der Waals surface area contributed by atoms with E-state index < -0.39 is 0 Å². The van der Waals surface area contributed by atoms with E-state index in [1.807, 2.05) is 29.7 Å². The number of amides is 1. The lowest BCUT2D eigenvalue weighted by molar-refractivity contribution is 0.0944. The number of hydrogen-bond donors (Lipinski definition) is 1. The first kappa shape index (κ1) is 24.4. The van der Waals surface area contributed by atoms with Crippen molar-refractivity contribution in [3.05, 3.63) is 93.8 Å². The normalized spacial score (nSPS) is 14.2. The average Bonchev–Trinajstić information content (AvgIpc) is 3.32. The van der Waals surface area contributed by atoms with Gasteiger partial charge in [-0.15, -0.1) is 0 Å². The molecule has 7 heteroatoms. The molecule has 3 heterocycles. The molecular weight excluding hydrogens is 516 g/mol. The average molecular weight is 547 g/mol. The fourth-order valence-electron chi connectivity index (χ4n) is 5.01. The number of rotatable bonds is 7. The molecule has 0 radical (unpaired) electrons. The maximum Gasteiger partial charge on any atom is 0.270 e. The van der Waals surface area contributed by atoms with Crippen LogP contribution in [-0.4, -0.2) is 35.5 Å². The number of nitrogens with one attached hydrogen (secondary N) is 1. The molecule has 186 valence electrons. The van der Waals surface area contributed by atoms with Crippen molar-refractivity contribution in [2.75, 3.05) is 25.1 Å². The van der Waals surface area contributed by atoms with Crippen molar-refractivity contribution in [2.45, 2.75) is 38.6 Å². The first-order valence-electron chi connectivity index (χ1n) is 12.5. The summed E-state index contributed by atoms with van der Waals surface area (Å²) in [5, 5.41) is 3.08. The molecule has 5 rings (SSSR count). The molecule has 0 bridgehead atoms. The Balaban J connectivity index is 1.19. The van der Waals surface area contributed by atoms with Crippen molar-refractivity contribution in [1.82, 2.24) is 14.7 Å². The van der Waals surface area contributed by atoms with Crippen molar-refractivity contribution in [3.8, 4) is 5.75 Å². The monoisotopic (exact) mass is 546 g/mol. The van der Waals surface area contributed by atoms with Crippen LogP contribution in [0, 0.1) is 0 Å². The number of nitrogens with zero attached hydrogens (tertiary/aromatic N) is 3. The molecule has 0 unspecified atom stereocenters. The van der Waals surface area contributed by atoms with Crippen LogP contribution < -0.4 is 15.0 Å². The number of benzene rings is 2. The topological polar surface area (TPSA) is 58.9 Å². The van der Waals surface area contributed by atoms with Crippen LogP contribution in [-0.2, 0) is 13.0 Å². The predicted octanol–water partition coefficient (Wildman–Crippen LogP) is 5.98. The van der Waals surface area contributed by atoms with Crippen molar-refractivity contribution in [1.29, 1.82) is 0 Å². The van der Waals surface area contributed by atoms with E-state index in [1.165, 1.54) is 11.3 Å². The van der Waals surface area contributed by atoms with E-state index in [1.54, 1.807) is 7.11 Å². The van der Waals surface area contributed by atoms with Gasteiger partial charge in [0.25, 0.3) is 5.91 Å². The SMILES string of the molecule is CCc1nc2c(Br)cccn2c1C(=O)NCc1ccc(N2CCC(c3ccc(OC)cc3)CC2)cc1. The fourth-order valence-corrected chi connectivity index (χ4v) is 5.44. The second-order valence-corrected chi connectivity index (χ2v) is 10.0. The molecule has 0 atom stereocenters. The molecule has 0 saturated carbocycles. The minimum Gasteiger partial charge on any atom is -0.497 e. The molecule has 1 saturated heterocycles. The Morgan fingerprint density at radius 2 is 1.81 bits per heavy atom. The Hall–Kier alpha value is -3.32. The zero-order chi connectivity index (χ0) is 25.1. The number of aromatic nitrogens is 2. The summed E-state index contributed by atoms with van der Waals surface area (Å²) in [7, 11) is 1.70. The van der Waals surface area contributed by atoms with Crippen LogP contribution in [0.2, 0.25) is 0 Å². The molecule has 4 aromatic rings. The summed E-state index contributed by atoms with van der Waals surface area (Å²) in [5.74, 6) is 1.39. The number of ether oxygens (including phenoxy) is 1. The van der Waals surface area contributed by atoms with Crippen LogP contribution >= 0.6 is 15.9 Å². The third kappa shape index (κ3) is 4.98. The van der Waals surface area contributed by atoms with Crippen molar-refractivity contribution < 1.29 is 9.53 Å². The number of hydrogen-bond acceptors (Lipinski definition) is 4. The highest BCUT2D eigenvalue weighted by atomic mass is 79.9. The van der Waals surface area contributed by atoms with E-state index in [0.717, 1.165) is 53.1 Å². The van der Waals surface area contributed by atoms with Gasteiger partial charge in [0.1, 0.15) is 11.4 Å². The number of imidazole rings is 1. The minimum atomic E-state index is -0.109. The van der Waals surface area contributed by atoms with E-state index >= 15 is 0 Å². The summed E-state index contributed by atoms with van der Waals surface area (Å²) >= 11 is 3.53. The summed E-state index contributed by atoms with van der Waals surface area (Å²) in [6.45, 7) is 4.57. The number of aryl methyl sites for hydroxylation is 1. The summed E-state index contributed by atoms with van der Waals surface area (Å²) < 4.78 is 8.02. The molecule has 36 heavy (non-hydrogen) atoms. The van der Waals surface area contributed by atoms with Crippen molar-refractivity contribution in [3.63, 3.8) is 0 Å². The van der Waals surface area contributed by atoms with Gasteiger partial charge in [0.2, 0.25) is 0 Å². The second kappa shape index (κ2) is 10.7. The van der Waals surface area contributed by atoms with Crippen LogP contribution in [0.4, 0.5) is 5.69 Å². The lowest BCUT2D eigenvalue weighted by Crippen LogP contribution is -2.32. The minimum absolute atomic E-state index is 0.109. The molecule has 0 aliphatic carbocycles. The number of anilines is 1. The Labute approximate surface area is 220 Å². The number of methoxy groups -OCH3 is 1. The Bertz CT molecular complexity index is 1340. The number of halogens is 1. The van der Waals surface area contributed by atoms with Gasteiger partial charge in [-0.1, -0.05) is 31.2 Å². The van der Waals surface area contributed by atoms with Crippen LogP contribution in [0.3, 0.4) is 0 Å². The molecule has 1 amide bonds. The summed E-state index contributed by atoms with van der Waals surface area (Å²) in [5.41, 5.74) is 5.87. The molecule has 6 nitrogen and oxygen atoms in total. The molecule has 1 fully saturated rings. The summed E-state index contributed by atoms with van der Waals surface area (Å²) in [6.07, 6.45) is 4.85. The van der Waals surface area contributed by atoms with Crippen LogP contribution in [0.25, 0.3) is 5.65 Å². The van der Waals surface area contributed by atoms with E-state index in [-0.39, 0.29) is 5.91 Å². The van der Waals surface area contributed by atoms with Gasteiger partial charge in [0.05, 0.1) is 17.3 Å². The van der Waals surface area contributed by atoms with Gasteiger partial charge >= 0.3 is 0 Å². The van der Waals surface area contributed by atoms with Gasteiger partial charge in [-0.3, -0.25) is 9.20 Å². The van der Waals surface area contributed by atoms with Crippen LogP contribution in [0.5, 0.6) is 5.75 Å². The van der Waals surface area contributed by atoms with Gasteiger partial charge in [0.15, 0.2) is 5.65 Å². The molecular formula is C29H31BrN4O2. The maximum atomic E-state index is 13.1. The van der Waals surface area contributed by atoms with E-state index in [4.69, 9.17) is 4.74 Å². The van der Waals surface area contributed by atoms with Crippen molar-refractivity contribution >= 4 is 33.2 Å². The van der Waals surface area contributed by atoms with E-state index in [9.17, 15) is 4.79 Å². The van der Waals surface area contributed by atoms with Gasteiger partial charge in [0, 0.05) is 31.5 Å².